The van der Waals surface area contributed by atoms with Gasteiger partial charge in [0.15, 0.2) is 0 Å². The van der Waals surface area contributed by atoms with Crippen LogP contribution in [-0.4, -0.2) is 22.8 Å². The molecule has 0 atom stereocenters. The zero-order chi connectivity index (χ0) is 17.3. The number of alkyl halides is 1. The third kappa shape index (κ3) is 2.59. The van der Waals surface area contributed by atoms with Crippen molar-refractivity contribution in [3.05, 3.63) is 70.1 Å². The highest BCUT2D eigenvalue weighted by atomic mass is 79.9. The summed E-state index contributed by atoms with van der Waals surface area (Å²) >= 11 is 3.33. The minimum absolute atomic E-state index is 0.116. The Kier molecular flexibility index (Phi) is 4.40. The Hall–Kier alpha value is -2.60. The summed E-state index contributed by atoms with van der Waals surface area (Å²) in [6.45, 7) is 0. The molecule has 1 heterocycles. The summed E-state index contributed by atoms with van der Waals surface area (Å²) in [4.78, 5) is 24.8. The van der Waals surface area contributed by atoms with Crippen molar-refractivity contribution < 1.29 is 14.6 Å². The molecule has 0 amide bonds. The lowest BCUT2D eigenvalue weighted by Gasteiger charge is -2.17. The third-order valence-electron chi connectivity index (χ3n) is 3.84. The van der Waals surface area contributed by atoms with Crippen molar-refractivity contribution in [1.82, 2.24) is 4.57 Å². The lowest BCUT2D eigenvalue weighted by molar-refractivity contribution is 0.0697. The van der Waals surface area contributed by atoms with Gasteiger partial charge < -0.3 is 9.84 Å². The van der Waals surface area contributed by atoms with Gasteiger partial charge in [-0.05, 0) is 18.2 Å². The van der Waals surface area contributed by atoms with E-state index in [0.717, 1.165) is 0 Å². The van der Waals surface area contributed by atoms with Gasteiger partial charge in [0.25, 0.3) is 5.56 Å². The Bertz CT molecular complexity index is 994. The van der Waals surface area contributed by atoms with Crippen LogP contribution in [0.25, 0.3) is 16.5 Å². The monoisotopic (exact) mass is 387 g/mol. The number of pyridine rings is 1. The predicted molar refractivity (Wildman–Crippen MR) is 95.7 cm³/mol. The molecule has 0 aliphatic rings. The number of rotatable bonds is 4. The largest absolute Gasteiger partial charge is 0.497 e. The quantitative estimate of drug-likeness (QED) is 0.694. The number of carboxylic acids is 1. The van der Waals surface area contributed by atoms with Crippen LogP contribution in [0.5, 0.6) is 5.75 Å². The van der Waals surface area contributed by atoms with E-state index >= 15 is 0 Å². The summed E-state index contributed by atoms with van der Waals surface area (Å²) < 4.78 is 6.63. The van der Waals surface area contributed by atoms with Gasteiger partial charge in [-0.25, -0.2) is 4.79 Å². The highest BCUT2D eigenvalue weighted by Crippen LogP contribution is 2.25. The van der Waals surface area contributed by atoms with Crippen molar-refractivity contribution >= 4 is 32.7 Å². The number of nitrogens with zero attached hydrogens (tertiary/aromatic N) is 1. The summed E-state index contributed by atoms with van der Waals surface area (Å²) in [6, 6.07) is 13.7. The topological polar surface area (TPSA) is 68.5 Å². The number of benzene rings is 2. The number of aromatic carboxylic acids is 1. The van der Waals surface area contributed by atoms with Crippen LogP contribution in [0.3, 0.4) is 0 Å². The van der Waals surface area contributed by atoms with Crippen molar-refractivity contribution in [3.8, 4) is 11.4 Å². The molecule has 1 aromatic heterocycles. The van der Waals surface area contributed by atoms with Gasteiger partial charge in [-0.1, -0.05) is 40.2 Å². The maximum Gasteiger partial charge on any atom is 0.338 e. The van der Waals surface area contributed by atoms with Crippen LogP contribution in [-0.2, 0) is 5.33 Å². The first-order chi connectivity index (χ1) is 11.6. The molecule has 3 rings (SSSR count). The fourth-order valence-electron chi connectivity index (χ4n) is 2.79. The molecular formula is C18H14BrNO4. The molecule has 5 nitrogen and oxygen atoms in total. The first-order valence-corrected chi connectivity index (χ1v) is 8.31. The van der Waals surface area contributed by atoms with Crippen LogP contribution in [0.2, 0.25) is 0 Å². The molecule has 0 spiro atoms. The molecular weight excluding hydrogens is 374 g/mol. The van der Waals surface area contributed by atoms with Gasteiger partial charge in [-0.3, -0.25) is 9.36 Å². The third-order valence-corrected chi connectivity index (χ3v) is 4.37. The van der Waals surface area contributed by atoms with Gasteiger partial charge in [-0.15, -0.1) is 0 Å². The second kappa shape index (κ2) is 6.49. The van der Waals surface area contributed by atoms with Crippen LogP contribution >= 0.6 is 15.9 Å². The summed E-state index contributed by atoms with van der Waals surface area (Å²) in [5.74, 6) is -0.484. The van der Waals surface area contributed by atoms with Crippen LogP contribution in [0, 0.1) is 0 Å². The summed E-state index contributed by atoms with van der Waals surface area (Å²) in [5, 5.41) is 10.7. The Morgan fingerprint density at radius 1 is 1.17 bits per heavy atom. The van der Waals surface area contributed by atoms with Gasteiger partial charge in [0.2, 0.25) is 0 Å². The molecule has 1 N–H and O–H groups in total. The van der Waals surface area contributed by atoms with Crippen LogP contribution in [0.15, 0.2) is 53.3 Å². The highest BCUT2D eigenvalue weighted by molar-refractivity contribution is 9.08. The minimum Gasteiger partial charge on any atom is -0.497 e. The van der Waals surface area contributed by atoms with Crippen molar-refractivity contribution in [2.24, 2.45) is 0 Å². The van der Waals surface area contributed by atoms with E-state index in [0.29, 0.717) is 27.9 Å². The van der Waals surface area contributed by atoms with Crippen LogP contribution in [0.1, 0.15) is 16.1 Å². The molecule has 0 saturated heterocycles. The number of aromatic nitrogens is 1. The molecule has 122 valence electrons. The van der Waals surface area contributed by atoms with E-state index in [1.807, 2.05) is 0 Å². The molecule has 0 aliphatic carbocycles. The van der Waals surface area contributed by atoms with E-state index in [4.69, 9.17) is 4.74 Å². The molecule has 0 unspecified atom stereocenters. The number of ether oxygens (including phenoxy) is 1. The van der Waals surface area contributed by atoms with Gasteiger partial charge in [0.1, 0.15) is 5.75 Å². The van der Waals surface area contributed by atoms with E-state index in [9.17, 15) is 14.7 Å². The number of carboxylic acid groups (broad SMARTS) is 1. The lowest BCUT2D eigenvalue weighted by atomic mass is 10.0. The van der Waals surface area contributed by atoms with Gasteiger partial charge in [-0.2, -0.15) is 0 Å². The van der Waals surface area contributed by atoms with E-state index in [1.165, 1.54) is 11.7 Å². The molecule has 0 aliphatic heterocycles. The fraction of sp³-hybridized carbons (Fsp3) is 0.111. The Balaban J connectivity index is 2.49. The molecule has 2 aromatic carbocycles. The minimum atomic E-state index is -1.07. The number of methoxy groups -OCH3 is 1. The molecule has 0 bridgehead atoms. The van der Waals surface area contributed by atoms with E-state index in [-0.39, 0.29) is 16.5 Å². The number of carbonyl (C=O) groups is 1. The van der Waals surface area contributed by atoms with Crippen molar-refractivity contribution in [3.63, 3.8) is 0 Å². The standard InChI is InChI=1S/C18H14BrNO4/c1-24-12-6-4-5-11(9-12)20-15(10-19)16(18(22)23)13-7-2-3-8-14(13)17(20)21/h2-9H,10H2,1H3,(H,22,23). The zero-order valence-corrected chi connectivity index (χ0v) is 14.4. The van der Waals surface area contributed by atoms with Crippen molar-refractivity contribution in [1.29, 1.82) is 0 Å². The van der Waals surface area contributed by atoms with Gasteiger partial charge in [0.05, 0.1) is 24.1 Å². The first kappa shape index (κ1) is 16.3. The number of hydrogen-bond acceptors (Lipinski definition) is 3. The maximum atomic E-state index is 13.0. The summed E-state index contributed by atoms with van der Waals surface area (Å²) in [6.07, 6.45) is 0. The molecule has 0 saturated carbocycles. The van der Waals surface area contributed by atoms with Crippen LogP contribution < -0.4 is 10.3 Å². The number of halogens is 1. The fourth-order valence-corrected chi connectivity index (χ4v) is 3.32. The Labute approximate surface area is 146 Å². The summed E-state index contributed by atoms with van der Waals surface area (Å²) in [5.41, 5.74) is 0.796. The van der Waals surface area contributed by atoms with Gasteiger partial charge in [0, 0.05) is 22.2 Å². The van der Waals surface area contributed by atoms with Crippen LogP contribution in [0.4, 0.5) is 0 Å². The average molecular weight is 388 g/mol. The Morgan fingerprint density at radius 2 is 1.88 bits per heavy atom. The normalized spacial score (nSPS) is 10.8. The maximum absolute atomic E-state index is 13.0. The average Bonchev–Trinajstić information content (AvgIpc) is 2.61. The first-order valence-electron chi connectivity index (χ1n) is 7.18. The SMILES string of the molecule is COc1cccc(-n2c(CBr)c(C(=O)O)c3ccccc3c2=O)c1. The second-order valence-electron chi connectivity index (χ2n) is 5.15. The number of hydrogen-bond donors (Lipinski definition) is 1. The molecule has 24 heavy (non-hydrogen) atoms. The van der Waals surface area contributed by atoms with E-state index in [1.54, 1.807) is 48.5 Å². The smallest absolute Gasteiger partial charge is 0.338 e. The summed E-state index contributed by atoms with van der Waals surface area (Å²) in [7, 11) is 1.54. The zero-order valence-electron chi connectivity index (χ0n) is 12.8. The van der Waals surface area contributed by atoms with Gasteiger partial charge >= 0.3 is 5.97 Å². The molecule has 3 aromatic rings. The molecule has 6 heteroatoms. The van der Waals surface area contributed by atoms with E-state index in [2.05, 4.69) is 15.9 Å². The molecule has 0 fully saturated rings. The second-order valence-corrected chi connectivity index (χ2v) is 5.71. The molecule has 0 radical (unpaired) electrons. The lowest BCUT2D eigenvalue weighted by Crippen LogP contribution is -2.25. The predicted octanol–water partition coefficient (Wildman–Crippen LogP) is 3.59. The van der Waals surface area contributed by atoms with E-state index < -0.39 is 5.97 Å². The highest BCUT2D eigenvalue weighted by Gasteiger charge is 2.21. The van der Waals surface area contributed by atoms with Crippen molar-refractivity contribution in [2.45, 2.75) is 5.33 Å². The Morgan fingerprint density at radius 3 is 2.50 bits per heavy atom. The van der Waals surface area contributed by atoms with Crippen molar-refractivity contribution in [2.75, 3.05) is 7.11 Å². The number of fused-ring (bicyclic) bond motifs is 1.